The molecule has 0 saturated heterocycles. The molecule has 1 aliphatic carbocycles. The van der Waals surface area contributed by atoms with Crippen LogP contribution in [0.2, 0.25) is 0 Å². The summed E-state index contributed by atoms with van der Waals surface area (Å²) in [5.74, 6) is -0.430. The van der Waals surface area contributed by atoms with Crippen LogP contribution in [-0.4, -0.2) is 31.1 Å². The number of rotatable bonds is 5. The zero-order valence-corrected chi connectivity index (χ0v) is 10.5. The fourth-order valence-electron chi connectivity index (χ4n) is 2.32. The van der Waals surface area contributed by atoms with Gasteiger partial charge in [-0.3, -0.25) is 4.79 Å². The molecular weight excluding hydrogens is 220 g/mol. The highest BCUT2D eigenvalue weighted by molar-refractivity contribution is 5.88. The van der Waals surface area contributed by atoms with E-state index in [1.165, 1.54) is 7.11 Å². The number of nitrogens with one attached hydrogen (secondary N) is 1. The molecule has 0 radical (unpaired) electrons. The maximum absolute atomic E-state index is 11.8. The molecule has 0 bridgehead atoms. The lowest BCUT2D eigenvalue weighted by Crippen LogP contribution is -2.56. The van der Waals surface area contributed by atoms with E-state index < -0.39 is 5.54 Å². The van der Waals surface area contributed by atoms with Gasteiger partial charge in [-0.1, -0.05) is 19.3 Å². The van der Waals surface area contributed by atoms with Crippen molar-refractivity contribution in [2.24, 2.45) is 5.73 Å². The van der Waals surface area contributed by atoms with Gasteiger partial charge in [0.2, 0.25) is 5.91 Å². The summed E-state index contributed by atoms with van der Waals surface area (Å²) in [5.41, 5.74) is 4.56. The maximum Gasteiger partial charge on any atom is 0.331 e. The number of nitrogens with two attached hydrogens (primary N) is 1. The Morgan fingerprint density at radius 2 is 1.94 bits per heavy atom. The van der Waals surface area contributed by atoms with E-state index in [-0.39, 0.29) is 11.9 Å². The molecule has 5 heteroatoms. The molecule has 1 saturated carbocycles. The first-order valence-electron chi connectivity index (χ1n) is 6.24. The molecule has 0 atom stereocenters. The lowest BCUT2D eigenvalue weighted by atomic mass is 9.81. The summed E-state index contributed by atoms with van der Waals surface area (Å²) >= 11 is 0. The van der Waals surface area contributed by atoms with Crippen molar-refractivity contribution in [3.63, 3.8) is 0 Å². The van der Waals surface area contributed by atoms with E-state index in [2.05, 4.69) is 5.32 Å². The number of carbonyl (C=O) groups excluding carboxylic acids is 2. The highest BCUT2D eigenvalue weighted by atomic mass is 16.5. The van der Waals surface area contributed by atoms with Crippen LogP contribution in [0, 0.1) is 0 Å². The number of carbonyl (C=O) groups is 2. The van der Waals surface area contributed by atoms with Crippen LogP contribution < -0.4 is 11.1 Å². The molecule has 17 heavy (non-hydrogen) atoms. The van der Waals surface area contributed by atoms with E-state index in [9.17, 15) is 9.59 Å². The summed E-state index contributed by atoms with van der Waals surface area (Å²) in [6, 6.07) is 0. The molecule has 0 aromatic carbocycles. The zero-order chi connectivity index (χ0) is 12.7. The van der Waals surface area contributed by atoms with Crippen LogP contribution in [0.25, 0.3) is 0 Å². The van der Waals surface area contributed by atoms with Crippen molar-refractivity contribution in [1.29, 1.82) is 0 Å². The molecule has 0 heterocycles. The number of amides is 1. The predicted molar refractivity (Wildman–Crippen MR) is 64.3 cm³/mol. The zero-order valence-electron chi connectivity index (χ0n) is 10.5. The highest BCUT2D eigenvalue weighted by Gasteiger charge is 2.41. The molecule has 1 rings (SSSR count). The van der Waals surface area contributed by atoms with E-state index in [4.69, 9.17) is 10.5 Å². The van der Waals surface area contributed by atoms with Crippen LogP contribution in [0.15, 0.2) is 0 Å². The van der Waals surface area contributed by atoms with Crippen LogP contribution in [0.3, 0.4) is 0 Å². The van der Waals surface area contributed by atoms with Crippen molar-refractivity contribution < 1.29 is 14.3 Å². The van der Waals surface area contributed by atoms with Crippen LogP contribution in [-0.2, 0) is 14.3 Å². The second-order valence-electron chi connectivity index (χ2n) is 4.57. The molecule has 3 N–H and O–H groups in total. The van der Waals surface area contributed by atoms with Gasteiger partial charge in [0.15, 0.2) is 0 Å². The van der Waals surface area contributed by atoms with E-state index in [1.807, 2.05) is 0 Å². The molecule has 98 valence electrons. The summed E-state index contributed by atoms with van der Waals surface area (Å²) in [4.78, 5) is 23.6. The SMILES string of the molecule is COC(=O)C1(NC(=O)CCCN)CCCCC1. The Morgan fingerprint density at radius 3 is 2.47 bits per heavy atom. The smallest absolute Gasteiger partial charge is 0.331 e. The molecule has 1 fully saturated rings. The Bertz CT molecular complexity index is 273. The normalized spacial score (nSPS) is 18.5. The number of methoxy groups -OCH3 is 1. The van der Waals surface area contributed by atoms with Gasteiger partial charge in [0, 0.05) is 6.42 Å². The average Bonchev–Trinajstić information content (AvgIpc) is 2.36. The second kappa shape index (κ2) is 6.59. The molecule has 0 aliphatic heterocycles. The minimum Gasteiger partial charge on any atom is -0.467 e. The van der Waals surface area contributed by atoms with Crippen LogP contribution in [0.5, 0.6) is 0 Å². The largest absolute Gasteiger partial charge is 0.467 e. The maximum atomic E-state index is 11.8. The number of esters is 1. The molecule has 0 aromatic rings. The Labute approximate surface area is 102 Å². The van der Waals surface area contributed by atoms with E-state index in [0.717, 1.165) is 19.3 Å². The first kappa shape index (κ1) is 14.0. The fourth-order valence-corrected chi connectivity index (χ4v) is 2.32. The summed E-state index contributed by atoms with van der Waals surface area (Å²) in [5, 5.41) is 2.85. The first-order chi connectivity index (χ1) is 8.14. The predicted octanol–water partition coefficient (Wildman–Crippen LogP) is 0.717. The quantitative estimate of drug-likeness (QED) is 0.696. The van der Waals surface area contributed by atoms with Crippen molar-refractivity contribution in [3.05, 3.63) is 0 Å². The third-order valence-electron chi connectivity index (χ3n) is 3.27. The average molecular weight is 242 g/mol. The Morgan fingerprint density at radius 1 is 1.29 bits per heavy atom. The standard InChI is InChI=1S/C12H22N2O3/c1-17-11(16)12(7-3-2-4-8-12)14-10(15)6-5-9-13/h2-9,13H2,1H3,(H,14,15). The second-order valence-corrected chi connectivity index (χ2v) is 4.57. The third kappa shape index (κ3) is 3.70. The third-order valence-corrected chi connectivity index (χ3v) is 3.27. The van der Waals surface area contributed by atoms with Gasteiger partial charge < -0.3 is 15.8 Å². The van der Waals surface area contributed by atoms with Gasteiger partial charge in [-0.2, -0.15) is 0 Å². The van der Waals surface area contributed by atoms with Crippen LogP contribution >= 0.6 is 0 Å². The topological polar surface area (TPSA) is 81.4 Å². The highest BCUT2D eigenvalue weighted by Crippen LogP contribution is 2.29. The van der Waals surface area contributed by atoms with Crippen molar-refractivity contribution in [3.8, 4) is 0 Å². The van der Waals surface area contributed by atoms with Gasteiger partial charge in [0.25, 0.3) is 0 Å². The molecule has 1 aliphatic rings. The summed E-state index contributed by atoms with van der Waals surface area (Å²) in [6.45, 7) is 0.485. The molecule has 0 spiro atoms. The molecule has 0 unspecified atom stereocenters. The Kier molecular flexibility index (Phi) is 5.41. The monoisotopic (exact) mass is 242 g/mol. The first-order valence-corrected chi connectivity index (χ1v) is 6.24. The van der Waals surface area contributed by atoms with Crippen molar-refractivity contribution in [2.75, 3.05) is 13.7 Å². The lowest BCUT2D eigenvalue weighted by Gasteiger charge is -2.35. The number of hydrogen-bond donors (Lipinski definition) is 2. The van der Waals surface area contributed by atoms with Crippen LogP contribution in [0.1, 0.15) is 44.9 Å². The van der Waals surface area contributed by atoms with Gasteiger partial charge in [-0.05, 0) is 25.8 Å². The van der Waals surface area contributed by atoms with Gasteiger partial charge >= 0.3 is 5.97 Å². The van der Waals surface area contributed by atoms with Crippen molar-refractivity contribution >= 4 is 11.9 Å². The van der Waals surface area contributed by atoms with Gasteiger partial charge in [0.1, 0.15) is 5.54 Å². The molecule has 0 aromatic heterocycles. The Hall–Kier alpha value is -1.10. The van der Waals surface area contributed by atoms with Gasteiger partial charge in [-0.25, -0.2) is 4.79 Å². The van der Waals surface area contributed by atoms with Crippen molar-refractivity contribution in [2.45, 2.75) is 50.5 Å². The number of hydrogen-bond acceptors (Lipinski definition) is 4. The number of ether oxygens (including phenoxy) is 1. The van der Waals surface area contributed by atoms with E-state index in [0.29, 0.717) is 32.2 Å². The van der Waals surface area contributed by atoms with E-state index >= 15 is 0 Å². The Balaban J connectivity index is 2.63. The summed E-state index contributed by atoms with van der Waals surface area (Å²) < 4.78 is 4.82. The minimum absolute atomic E-state index is 0.109. The van der Waals surface area contributed by atoms with Gasteiger partial charge in [-0.15, -0.1) is 0 Å². The summed E-state index contributed by atoms with van der Waals surface area (Å²) in [6.07, 6.45) is 5.37. The van der Waals surface area contributed by atoms with E-state index in [1.54, 1.807) is 0 Å². The lowest BCUT2D eigenvalue weighted by molar-refractivity contribution is -0.152. The molecule has 1 amide bonds. The van der Waals surface area contributed by atoms with Crippen LogP contribution in [0.4, 0.5) is 0 Å². The molecular formula is C12H22N2O3. The summed E-state index contributed by atoms with van der Waals surface area (Å²) in [7, 11) is 1.37. The fraction of sp³-hybridized carbons (Fsp3) is 0.833. The van der Waals surface area contributed by atoms with Gasteiger partial charge in [0.05, 0.1) is 7.11 Å². The van der Waals surface area contributed by atoms with Crippen molar-refractivity contribution in [1.82, 2.24) is 5.32 Å². The minimum atomic E-state index is -0.793. The molecule has 5 nitrogen and oxygen atoms in total.